The first kappa shape index (κ1) is 10.7. The summed E-state index contributed by atoms with van der Waals surface area (Å²) >= 11 is 0. The number of hydrogen-bond acceptors (Lipinski definition) is 1. The molecule has 2 aromatic rings. The molecule has 1 aliphatic carbocycles. The molecule has 0 saturated heterocycles. The predicted octanol–water partition coefficient (Wildman–Crippen LogP) is 3.09. The lowest BCUT2D eigenvalue weighted by molar-refractivity contribution is 0.366. The summed E-state index contributed by atoms with van der Waals surface area (Å²) in [4.78, 5) is 18.8. The van der Waals surface area contributed by atoms with Crippen LogP contribution in [0.15, 0.2) is 42.5 Å². The van der Waals surface area contributed by atoms with Gasteiger partial charge in [0.1, 0.15) is 5.66 Å². The van der Waals surface area contributed by atoms with Crippen molar-refractivity contribution < 1.29 is 14.4 Å². The molecule has 1 unspecified atom stereocenters. The zero-order valence-corrected chi connectivity index (χ0v) is 9.84. The van der Waals surface area contributed by atoms with Crippen LogP contribution in [0.3, 0.4) is 0 Å². The van der Waals surface area contributed by atoms with Gasteiger partial charge in [-0.2, -0.15) is 0 Å². The van der Waals surface area contributed by atoms with Crippen molar-refractivity contribution in [1.29, 1.82) is 0 Å². The molecule has 1 aliphatic rings. The number of benzene rings is 2. The Balaban J connectivity index is 2.38. The molecule has 0 heterocycles. The molecule has 0 aliphatic heterocycles. The van der Waals surface area contributed by atoms with E-state index in [2.05, 4.69) is 0 Å². The molecule has 0 fully saturated rings. The molecule has 4 heteroatoms. The average molecular weight is 246 g/mol. The summed E-state index contributed by atoms with van der Waals surface area (Å²) in [6.07, 6.45) is 3.39. The van der Waals surface area contributed by atoms with Crippen LogP contribution in [0.2, 0.25) is 0 Å². The average Bonchev–Trinajstić information content (AvgIpc) is 2.28. The van der Waals surface area contributed by atoms with Gasteiger partial charge in [0.05, 0.1) is 0 Å². The lowest BCUT2D eigenvalue weighted by atomic mass is 9.93. The molecule has 0 radical (unpaired) electrons. The minimum absolute atomic E-state index is 0.717. The van der Waals surface area contributed by atoms with Crippen LogP contribution >= 0.6 is 7.60 Å². The number of hydrogen-bond donors (Lipinski definition) is 2. The molecule has 86 valence electrons. The first-order valence-corrected chi connectivity index (χ1v) is 7.00. The van der Waals surface area contributed by atoms with E-state index < -0.39 is 13.3 Å². The molecule has 0 bridgehead atoms. The third-order valence-corrected chi connectivity index (χ3v) is 4.28. The molecule has 3 rings (SSSR count). The molecule has 0 aromatic heterocycles. The quantitative estimate of drug-likeness (QED) is 0.760. The standard InChI is InChI=1S/C13H11O3P/c14-17(15,16)12-8-7-10-4-1-3-9-5-2-6-11(12)13(9)10/h1-8,12H,(H2,14,15,16). The van der Waals surface area contributed by atoms with Gasteiger partial charge < -0.3 is 9.79 Å². The Kier molecular flexibility index (Phi) is 2.23. The molecule has 0 saturated carbocycles. The maximum absolute atomic E-state index is 11.5. The second-order valence-electron chi connectivity index (χ2n) is 4.19. The van der Waals surface area contributed by atoms with Gasteiger partial charge in [-0.15, -0.1) is 0 Å². The summed E-state index contributed by atoms with van der Waals surface area (Å²) in [5.41, 5.74) is 0.915. The van der Waals surface area contributed by atoms with Crippen molar-refractivity contribution in [3.63, 3.8) is 0 Å². The van der Waals surface area contributed by atoms with Gasteiger partial charge in [0.25, 0.3) is 0 Å². The van der Waals surface area contributed by atoms with Crippen LogP contribution in [0.4, 0.5) is 0 Å². The largest absolute Gasteiger partial charge is 0.336 e. The van der Waals surface area contributed by atoms with Gasteiger partial charge in [0.2, 0.25) is 0 Å². The van der Waals surface area contributed by atoms with E-state index in [-0.39, 0.29) is 0 Å². The van der Waals surface area contributed by atoms with E-state index in [1.807, 2.05) is 30.3 Å². The Labute approximate surface area is 98.6 Å². The number of allylic oxidation sites excluding steroid dienone is 1. The molecular formula is C13H11O3P. The molecule has 0 amide bonds. The first-order chi connectivity index (χ1) is 8.07. The second-order valence-corrected chi connectivity index (χ2v) is 5.92. The van der Waals surface area contributed by atoms with Crippen molar-refractivity contribution in [3.8, 4) is 0 Å². The van der Waals surface area contributed by atoms with E-state index in [1.54, 1.807) is 18.2 Å². The van der Waals surface area contributed by atoms with Crippen molar-refractivity contribution in [2.45, 2.75) is 5.66 Å². The molecule has 2 N–H and O–H groups in total. The van der Waals surface area contributed by atoms with E-state index in [9.17, 15) is 14.4 Å². The highest BCUT2D eigenvalue weighted by Crippen LogP contribution is 2.55. The van der Waals surface area contributed by atoms with Crippen molar-refractivity contribution in [2.24, 2.45) is 0 Å². The maximum atomic E-state index is 11.5. The van der Waals surface area contributed by atoms with E-state index in [4.69, 9.17) is 0 Å². The molecule has 0 spiro atoms. The first-order valence-electron chi connectivity index (χ1n) is 5.32. The normalized spacial score (nSPS) is 18.6. The third kappa shape index (κ3) is 1.64. The Morgan fingerprint density at radius 3 is 2.47 bits per heavy atom. The highest BCUT2D eigenvalue weighted by Gasteiger charge is 2.31. The zero-order chi connectivity index (χ0) is 12.0. The fourth-order valence-corrected chi connectivity index (χ4v) is 3.26. The lowest BCUT2D eigenvalue weighted by Gasteiger charge is -2.21. The molecule has 3 nitrogen and oxygen atoms in total. The Morgan fingerprint density at radius 1 is 1.06 bits per heavy atom. The molecular weight excluding hydrogens is 235 g/mol. The zero-order valence-electron chi connectivity index (χ0n) is 8.95. The van der Waals surface area contributed by atoms with Crippen molar-refractivity contribution in [2.75, 3.05) is 0 Å². The SMILES string of the molecule is O=P(O)(O)C1C=Cc2cccc3cccc1c23. The van der Waals surface area contributed by atoms with Crippen LogP contribution < -0.4 is 0 Å². The maximum Gasteiger partial charge on any atom is 0.336 e. The van der Waals surface area contributed by atoms with E-state index >= 15 is 0 Å². The molecule has 2 aromatic carbocycles. The van der Waals surface area contributed by atoms with Gasteiger partial charge in [-0.1, -0.05) is 48.6 Å². The predicted molar refractivity (Wildman–Crippen MR) is 67.8 cm³/mol. The van der Waals surface area contributed by atoms with Crippen LogP contribution in [-0.4, -0.2) is 9.79 Å². The monoisotopic (exact) mass is 246 g/mol. The van der Waals surface area contributed by atoms with E-state index in [0.717, 1.165) is 16.3 Å². The lowest BCUT2D eigenvalue weighted by Crippen LogP contribution is -2.02. The van der Waals surface area contributed by atoms with E-state index in [1.165, 1.54) is 0 Å². The summed E-state index contributed by atoms with van der Waals surface area (Å²) in [7, 11) is -4.14. The van der Waals surface area contributed by atoms with Crippen LogP contribution in [0, 0.1) is 0 Å². The van der Waals surface area contributed by atoms with Crippen LogP contribution in [-0.2, 0) is 4.57 Å². The summed E-state index contributed by atoms with van der Waals surface area (Å²) in [6.45, 7) is 0. The Hall–Kier alpha value is -1.41. The Bertz CT molecular complexity index is 664. The summed E-state index contributed by atoms with van der Waals surface area (Å²) in [5, 5.41) is 1.97. The van der Waals surface area contributed by atoms with Gasteiger partial charge in [-0.25, -0.2) is 0 Å². The van der Waals surface area contributed by atoms with Crippen LogP contribution in [0.1, 0.15) is 16.8 Å². The highest BCUT2D eigenvalue weighted by atomic mass is 31.2. The summed E-state index contributed by atoms with van der Waals surface area (Å²) in [6, 6.07) is 11.4. The summed E-state index contributed by atoms with van der Waals surface area (Å²) in [5.74, 6) is 0. The van der Waals surface area contributed by atoms with Crippen molar-refractivity contribution >= 4 is 24.4 Å². The minimum Gasteiger partial charge on any atom is -0.324 e. The van der Waals surface area contributed by atoms with Gasteiger partial charge in [-0.05, 0) is 21.9 Å². The summed E-state index contributed by atoms with van der Waals surface area (Å²) < 4.78 is 11.5. The minimum atomic E-state index is -4.14. The second kappa shape index (κ2) is 3.54. The van der Waals surface area contributed by atoms with Crippen LogP contribution in [0.25, 0.3) is 16.8 Å². The fraction of sp³-hybridized carbons (Fsp3) is 0.0769. The Morgan fingerprint density at radius 2 is 1.76 bits per heavy atom. The van der Waals surface area contributed by atoms with Crippen molar-refractivity contribution in [3.05, 3.63) is 53.6 Å². The smallest absolute Gasteiger partial charge is 0.324 e. The van der Waals surface area contributed by atoms with Gasteiger partial charge >= 0.3 is 7.60 Å². The van der Waals surface area contributed by atoms with Crippen molar-refractivity contribution in [1.82, 2.24) is 0 Å². The fourth-order valence-electron chi connectivity index (χ4n) is 2.38. The van der Waals surface area contributed by atoms with Crippen LogP contribution in [0.5, 0.6) is 0 Å². The third-order valence-electron chi connectivity index (χ3n) is 3.11. The van der Waals surface area contributed by atoms with E-state index in [0.29, 0.717) is 5.56 Å². The van der Waals surface area contributed by atoms with Gasteiger partial charge in [0.15, 0.2) is 0 Å². The van der Waals surface area contributed by atoms with Gasteiger partial charge in [0, 0.05) is 0 Å². The number of rotatable bonds is 1. The van der Waals surface area contributed by atoms with Gasteiger partial charge in [-0.3, -0.25) is 4.57 Å². The highest BCUT2D eigenvalue weighted by molar-refractivity contribution is 7.52. The topological polar surface area (TPSA) is 57.5 Å². The molecule has 1 atom stereocenters. The molecule has 17 heavy (non-hydrogen) atoms.